The Bertz CT molecular complexity index is 420. The van der Waals surface area contributed by atoms with Gasteiger partial charge in [0.25, 0.3) is 0 Å². The molecule has 68 valence electrons. The van der Waals surface area contributed by atoms with E-state index in [2.05, 4.69) is 35.8 Å². The van der Waals surface area contributed by atoms with Gasteiger partial charge in [-0.25, -0.2) is 4.98 Å². The van der Waals surface area contributed by atoms with Gasteiger partial charge in [0.15, 0.2) is 0 Å². The molecule has 2 aromatic rings. The molecule has 3 heteroatoms. The summed E-state index contributed by atoms with van der Waals surface area (Å²) in [5.74, 6) is 0.887. The van der Waals surface area contributed by atoms with Gasteiger partial charge in [-0.15, -0.1) is 0 Å². The van der Waals surface area contributed by atoms with E-state index in [9.17, 15) is 0 Å². The molecule has 0 N–H and O–H groups in total. The Kier molecular flexibility index (Phi) is 2.27. The summed E-state index contributed by atoms with van der Waals surface area (Å²) in [5.41, 5.74) is 3.56. The SMILES string of the molecule is Cn1cnc2cc(CCS)ccc21. The van der Waals surface area contributed by atoms with Crippen molar-refractivity contribution in [3.05, 3.63) is 30.1 Å². The molecule has 0 saturated carbocycles. The van der Waals surface area contributed by atoms with Crippen LogP contribution in [0.5, 0.6) is 0 Å². The van der Waals surface area contributed by atoms with E-state index in [1.807, 2.05) is 17.9 Å². The minimum absolute atomic E-state index is 0.887. The molecular formula is C10H12N2S. The maximum Gasteiger partial charge on any atom is 0.0955 e. The Balaban J connectivity index is 2.50. The molecule has 0 aliphatic heterocycles. The Hall–Kier alpha value is -0.960. The third-order valence-electron chi connectivity index (χ3n) is 2.19. The van der Waals surface area contributed by atoms with Gasteiger partial charge in [-0.3, -0.25) is 0 Å². The number of hydrogen-bond acceptors (Lipinski definition) is 2. The van der Waals surface area contributed by atoms with Gasteiger partial charge in [0.05, 0.1) is 17.4 Å². The normalized spacial score (nSPS) is 10.9. The van der Waals surface area contributed by atoms with Gasteiger partial charge in [-0.2, -0.15) is 12.6 Å². The molecule has 0 radical (unpaired) electrons. The van der Waals surface area contributed by atoms with Crippen LogP contribution >= 0.6 is 12.6 Å². The molecule has 1 aromatic carbocycles. The van der Waals surface area contributed by atoms with Gasteiger partial charge in [-0.05, 0) is 29.9 Å². The summed E-state index contributed by atoms with van der Waals surface area (Å²) in [6.07, 6.45) is 2.85. The molecule has 13 heavy (non-hydrogen) atoms. The summed E-state index contributed by atoms with van der Waals surface area (Å²) in [6, 6.07) is 6.38. The van der Waals surface area contributed by atoms with Crippen LogP contribution < -0.4 is 0 Å². The van der Waals surface area contributed by atoms with Crippen molar-refractivity contribution in [2.45, 2.75) is 6.42 Å². The van der Waals surface area contributed by atoms with E-state index >= 15 is 0 Å². The van der Waals surface area contributed by atoms with Crippen molar-refractivity contribution in [3.63, 3.8) is 0 Å². The van der Waals surface area contributed by atoms with Gasteiger partial charge in [0.1, 0.15) is 0 Å². The lowest BCUT2D eigenvalue weighted by molar-refractivity contribution is 0.947. The minimum atomic E-state index is 0.887. The predicted molar refractivity (Wildman–Crippen MR) is 58.3 cm³/mol. The number of thiol groups is 1. The molecule has 0 aliphatic carbocycles. The Morgan fingerprint density at radius 1 is 1.46 bits per heavy atom. The van der Waals surface area contributed by atoms with Gasteiger partial charge >= 0.3 is 0 Å². The third-order valence-corrected chi connectivity index (χ3v) is 2.41. The van der Waals surface area contributed by atoms with Crippen molar-refractivity contribution in [2.75, 3.05) is 5.75 Å². The van der Waals surface area contributed by atoms with Crippen molar-refractivity contribution >= 4 is 23.7 Å². The number of nitrogens with zero attached hydrogens (tertiary/aromatic N) is 2. The van der Waals surface area contributed by atoms with Crippen LogP contribution in [0.2, 0.25) is 0 Å². The van der Waals surface area contributed by atoms with Crippen molar-refractivity contribution in [3.8, 4) is 0 Å². The van der Waals surface area contributed by atoms with Gasteiger partial charge in [0.2, 0.25) is 0 Å². The lowest BCUT2D eigenvalue weighted by Gasteiger charge is -1.98. The first-order valence-electron chi connectivity index (χ1n) is 4.32. The number of imidazole rings is 1. The molecule has 2 rings (SSSR count). The second kappa shape index (κ2) is 3.42. The summed E-state index contributed by atoms with van der Waals surface area (Å²) in [7, 11) is 2.01. The minimum Gasteiger partial charge on any atom is -0.334 e. The zero-order chi connectivity index (χ0) is 9.26. The van der Waals surface area contributed by atoms with Gasteiger partial charge < -0.3 is 4.57 Å². The summed E-state index contributed by atoms with van der Waals surface area (Å²) < 4.78 is 2.03. The second-order valence-corrected chi connectivity index (χ2v) is 3.60. The van der Waals surface area contributed by atoms with Crippen LogP contribution in [-0.2, 0) is 13.5 Å². The standard InChI is InChI=1S/C10H12N2S/c1-12-7-11-9-6-8(4-5-13)2-3-10(9)12/h2-3,6-7,13H,4-5H2,1H3. The molecule has 0 atom stereocenters. The van der Waals surface area contributed by atoms with Crippen molar-refractivity contribution in [1.29, 1.82) is 0 Å². The lowest BCUT2D eigenvalue weighted by atomic mass is 10.1. The highest BCUT2D eigenvalue weighted by molar-refractivity contribution is 7.80. The number of aryl methyl sites for hydroxylation is 2. The molecule has 0 unspecified atom stereocenters. The summed E-state index contributed by atoms with van der Waals surface area (Å²) >= 11 is 4.21. The quantitative estimate of drug-likeness (QED) is 0.721. The predicted octanol–water partition coefficient (Wildman–Crippen LogP) is 2.05. The average molecular weight is 192 g/mol. The largest absolute Gasteiger partial charge is 0.334 e. The highest BCUT2D eigenvalue weighted by Crippen LogP contribution is 2.14. The highest BCUT2D eigenvalue weighted by Gasteiger charge is 1.99. The maximum absolute atomic E-state index is 4.30. The topological polar surface area (TPSA) is 17.8 Å². The summed E-state index contributed by atoms with van der Waals surface area (Å²) in [5, 5.41) is 0. The molecule has 1 aromatic heterocycles. The molecular weight excluding hydrogens is 180 g/mol. The van der Waals surface area contributed by atoms with Crippen LogP contribution in [0.15, 0.2) is 24.5 Å². The van der Waals surface area contributed by atoms with Crippen LogP contribution in [0.1, 0.15) is 5.56 Å². The van der Waals surface area contributed by atoms with E-state index in [-0.39, 0.29) is 0 Å². The Morgan fingerprint density at radius 2 is 2.31 bits per heavy atom. The van der Waals surface area contributed by atoms with Crippen LogP contribution in [0.25, 0.3) is 11.0 Å². The number of fused-ring (bicyclic) bond motifs is 1. The van der Waals surface area contributed by atoms with E-state index in [1.165, 1.54) is 11.1 Å². The first kappa shape index (κ1) is 8.63. The summed E-state index contributed by atoms with van der Waals surface area (Å²) in [4.78, 5) is 4.30. The van der Waals surface area contributed by atoms with Crippen LogP contribution in [0.3, 0.4) is 0 Å². The summed E-state index contributed by atoms with van der Waals surface area (Å²) in [6.45, 7) is 0. The fourth-order valence-electron chi connectivity index (χ4n) is 1.47. The number of benzene rings is 1. The van der Waals surface area contributed by atoms with Gasteiger partial charge in [-0.1, -0.05) is 6.07 Å². The maximum atomic E-state index is 4.30. The molecule has 0 bridgehead atoms. The first-order chi connectivity index (χ1) is 6.31. The Labute approximate surface area is 83.0 Å². The monoisotopic (exact) mass is 192 g/mol. The van der Waals surface area contributed by atoms with E-state index < -0.39 is 0 Å². The first-order valence-corrected chi connectivity index (χ1v) is 4.95. The van der Waals surface area contributed by atoms with E-state index in [1.54, 1.807) is 0 Å². The van der Waals surface area contributed by atoms with Crippen molar-refractivity contribution in [1.82, 2.24) is 9.55 Å². The zero-order valence-corrected chi connectivity index (χ0v) is 8.46. The second-order valence-electron chi connectivity index (χ2n) is 3.15. The zero-order valence-electron chi connectivity index (χ0n) is 7.57. The van der Waals surface area contributed by atoms with Gasteiger partial charge in [0, 0.05) is 7.05 Å². The van der Waals surface area contributed by atoms with Crippen molar-refractivity contribution in [2.24, 2.45) is 7.05 Å². The van der Waals surface area contributed by atoms with Crippen LogP contribution in [0.4, 0.5) is 0 Å². The molecule has 0 spiro atoms. The average Bonchev–Trinajstić information content (AvgIpc) is 2.48. The molecule has 0 amide bonds. The van der Waals surface area contributed by atoms with E-state index in [4.69, 9.17) is 0 Å². The van der Waals surface area contributed by atoms with Crippen LogP contribution in [-0.4, -0.2) is 15.3 Å². The lowest BCUT2D eigenvalue weighted by Crippen LogP contribution is -1.87. The molecule has 0 aliphatic rings. The fraction of sp³-hybridized carbons (Fsp3) is 0.300. The molecule has 1 heterocycles. The number of aromatic nitrogens is 2. The number of rotatable bonds is 2. The fourth-order valence-corrected chi connectivity index (χ4v) is 1.72. The highest BCUT2D eigenvalue weighted by atomic mass is 32.1. The van der Waals surface area contributed by atoms with Crippen molar-refractivity contribution < 1.29 is 0 Å². The van der Waals surface area contributed by atoms with E-state index in [0.717, 1.165) is 17.7 Å². The smallest absolute Gasteiger partial charge is 0.0955 e. The number of hydrogen-bond donors (Lipinski definition) is 1. The Morgan fingerprint density at radius 3 is 3.08 bits per heavy atom. The van der Waals surface area contributed by atoms with E-state index in [0.29, 0.717) is 0 Å². The molecule has 0 fully saturated rings. The third kappa shape index (κ3) is 1.56. The molecule has 0 saturated heterocycles. The molecule has 2 nitrogen and oxygen atoms in total. The van der Waals surface area contributed by atoms with Crippen LogP contribution in [0, 0.1) is 0 Å².